The van der Waals surface area contributed by atoms with Crippen LogP contribution in [0.4, 0.5) is 11.8 Å². The molecular formula is C17H18BrN5O2. The summed E-state index contributed by atoms with van der Waals surface area (Å²) < 4.78 is 12.2. The lowest BCUT2D eigenvalue weighted by atomic mass is 10.1. The van der Waals surface area contributed by atoms with E-state index in [9.17, 15) is 5.26 Å². The second-order valence-corrected chi connectivity index (χ2v) is 6.66. The highest BCUT2D eigenvalue weighted by molar-refractivity contribution is 9.10. The molecule has 1 aromatic carbocycles. The minimum atomic E-state index is 0.00338. The summed E-state index contributed by atoms with van der Waals surface area (Å²) in [5, 5.41) is 9.39. The van der Waals surface area contributed by atoms with E-state index in [4.69, 9.17) is 20.9 Å². The summed E-state index contributed by atoms with van der Waals surface area (Å²) in [6, 6.07) is 5.61. The molecule has 0 aliphatic heterocycles. The highest BCUT2D eigenvalue weighted by atomic mass is 79.9. The number of nitrogens with zero attached hydrogens (tertiary/aromatic N) is 3. The lowest BCUT2D eigenvalue weighted by molar-refractivity contribution is 0.200. The average molecular weight is 404 g/mol. The zero-order valence-corrected chi connectivity index (χ0v) is 15.3. The molecule has 0 amide bonds. The molecule has 1 fully saturated rings. The number of nitriles is 1. The SMILES string of the molecule is COc1cc(-c2nc(N)nc(N)c2C#N)c(Br)cc1OC1CCCC1. The molecule has 0 spiro atoms. The van der Waals surface area contributed by atoms with E-state index in [2.05, 4.69) is 25.9 Å². The molecule has 0 unspecified atom stereocenters. The molecule has 3 rings (SSSR count). The molecule has 1 aliphatic carbocycles. The van der Waals surface area contributed by atoms with E-state index in [-0.39, 0.29) is 23.4 Å². The number of halogens is 1. The first kappa shape index (κ1) is 17.3. The van der Waals surface area contributed by atoms with Crippen LogP contribution in [-0.4, -0.2) is 23.2 Å². The number of hydrogen-bond acceptors (Lipinski definition) is 7. The van der Waals surface area contributed by atoms with Gasteiger partial charge < -0.3 is 20.9 Å². The number of rotatable bonds is 4. The Labute approximate surface area is 154 Å². The van der Waals surface area contributed by atoms with E-state index >= 15 is 0 Å². The topological polar surface area (TPSA) is 120 Å². The first-order valence-electron chi connectivity index (χ1n) is 7.91. The van der Waals surface area contributed by atoms with Crippen molar-refractivity contribution in [2.45, 2.75) is 31.8 Å². The fourth-order valence-electron chi connectivity index (χ4n) is 2.96. The van der Waals surface area contributed by atoms with E-state index in [1.54, 1.807) is 13.2 Å². The van der Waals surface area contributed by atoms with Gasteiger partial charge in [-0.3, -0.25) is 0 Å². The number of anilines is 2. The summed E-state index contributed by atoms with van der Waals surface area (Å²) in [4.78, 5) is 8.02. The third kappa shape index (κ3) is 3.46. The average Bonchev–Trinajstić information content (AvgIpc) is 3.07. The molecular weight excluding hydrogens is 386 g/mol. The van der Waals surface area contributed by atoms with Gasteiger partial charge in [0, 0.05) is 10.0 Å². The van der Waals surface area contributed by atoms with E-state index < -0.39 is 0 Å². The summed E-state index contributed by atoms with van der Waals surface area (Å²) in [5.74, 6) is 1.26. The van der Waals surface area contributed by atoms with Crippen molar-refractivity contribution >= 4 is 27.7 Å². The molecule has 2 aromatic rings. The van der Waals surface area contributed by atoms with Crippen molar-refractivity contribution < 1.29 is 9.47 Å². The van der Waals surface area contributed by atoms with Crippen molar-refractivity contribution in [3.8, 4) is 28.8 Å². The number of benzene rings is 1. The van der Waals surface area contributed by atoms with Crippen LogP contribution in [0.5, 0.6) is 11.5 Å². The highest BCUT2D eigenvalue weighted by Crippen LogP contribution is 2.41. The third-order valence-electron chi connectivity index (χ3n) is 4.17. The molecule has 0 bridgehead atoms. The van der Waals surface area contributed by atoms with Crippen molar-refractivity contribution in [2.24, 2.45) is 0 Å². The van der Waals surface area contributed by atoms with Crippen molar-refractivity contribution in [1.82, 2.24) is 9.97 Å². The zero-order chi connectivity index (χ0) is 18.0. The van der Waals surface area contributed by atoms with Crippen LogP contribution in [0.2, 0.25) is 0 Å². The maximum atomic E-state index is 9.39. The van der Waals surface area contributed by atoms with E-state index in [0.717, 1.165) is 12.8 Å². The third-order valence-corrected chi connectivity index (χ3v) is 4.83. The molecule has 7 nitrogen and oxygen atoms in total. The minimum Gasteiger partial charge on any atom is -0.493 e. The lowest BCUT2D eigenvalue weighted by Gasteiger charge is -2.18. The molecule has 0 radical (unpaired) electrons. The van der Waals surface area contributed by atoms with Gasteiger partial charge in [-0.05, 0) is 53.7 Å². The Kier molecular flexibility index (Phi) is 4.95. The minimum absolute atomic E-state index is 0.00338. The molecule has 25 heavy (non-hydrogen) atoms. The fourth-order valence-corrected chi connectivity index (χ4v) is 3.47. The van der Waals surface area contributed by atoms with E-state index in [1.165, 1.54) is 12.8 Å². The summed E-state index contributed by atoms with van der Waals surface area (Å²) in [5.41, 5.74) is 12.7. The molecule has 1 aliphatic rings. The Morgan fingerprint density at radius 3 is 2.56 bits per heavy atom. The van der Waals surface area contributed by atoms with Gasteiger partial charge in [-0.25, -0.2) is 4.98 Å². The van der Waals surface area contributed by atoms with Gasteiger partial charge in [0.1, 0.15) is 17.5 Å². The maximum absolute atomic E-state index is 9.39. The van der Waals surface area contributed by atoms with Crippen LogP contribution in [0.25, 0.3) is 11.3 Å². The largest absolute Gasteiger partial charge is 0.493 e. The highest BCUT2D eigenvalue weighted by Gasteiger charge is 2.22. The number of ether oxygens (including phenoxy) is 2. The first-order valence-corrected chi connectivity index (χ1v) is 8.70. The van der Waals surface area contributed by atoms with Crippen LogP contribution >= 0.6 is 15.9 Å². The normalized spacial score (nSPS) is 14.3. The predicted molar refractivity (Wildman–Crippen MR) is 98.1 cm³/mol. The van der Waals surface area contributed by atoms with Crippen LogP contribution < -0.4 is 20.9 Å². The van der Waals surface area contributed by atoms with Crippen LogP contribution in [-0.2, 0) is 0 Å². The van der Waals surface area contributed by atoms with Crippen molar-refractivity contribution in [3.63, 3.8) is 0 Å². The van der Waals surface area contributed by atoms with Crippen molar-refractivity contribution in [3.05, 3.63) is 22.2 Å². The maximum Gasteiger partial charge on any atom is 0.222 e. The van der Waals surface area contributed by atoms with Gasteiger partial charge in [-0.2, -0.15) is 10.2 Å². The molecule has 1 saturated carbocycles. The molecule has 4 N–H and O–H groups in total. The van der Waals surface area contributed by atoms with Crippen LogP contribution in [0.1, 0.15) is 31.2 Å². The summed E-state index contributed by atoms with van der Waals surface area (Å²) in [6.07, 6.45) is 4.64. The van der Waals surface area contributed by atoms with E-state index in [1.807, 2.05) is 12.1 Å². The standard InChI is InChI=1S/C17H18BrN5O2/c1-24-13-6-10(15-11(8-19)16(20)23-17(21)22-15)12(18)7-14(13)25-9-4-2-3-5-9/h6-7,9H,2-5H2,1H3,(H4,20,21,22,23). The number of nitrogen functional groups attached to an aromatic ring is 2. The Balaban J connectivity index is 2.08. The second-order valence-electron chi connectivity index (χ2n) is 5.81. The summed E-state index contributed by atoms with van der Waals surface area (Å²) in [6.45, 7) is 0. The Hall–Kier alpha value is -2.53. The number of hydrogen-bond donors (Lipinski definition) is 2. The summed E-state index contributed by atoms with van der Waals surface area (Å²) >= 11 is 3.52. The molecule has 0 atom stereocenters. The van der Waals surface area contributed by atoms with Gasteiger partial charge in [0.2, 0.25) is 5.95 Å². The molecule has 1 heterocycles. The molecule has 0 saturated heterocycles. The van der Waals surface area contributed by atoms with Gasteiger partial charge in [0.05, 0.1) is 18.9 Å². The zero-order valence-electron chi connectivity index (χ0n) is 13.8. The van der Waals surface area contributed by atoms with Crippen LogP contribution in [0, 0.1) is 11.3 Å². The van der Waals surface area contributed by atoms with E-state index in [0.29, 0.717) is 27.2 Å². The summed E-state index contributed by atoms with van der Waals surface area (Å²) in [7, 11) is 1.57. The van der Waals surface area contributed by atoms with Gasteiger partial charge >= 0.3 is 0 Å². The predicted octanol–water partition coefficient (Wildman–Crippen LogP) is 3.27. The van der Waals surface area contributed by atoms with Gasteiger partial charge in [-0.1, -0.05) is 0 Å². The molecule has 8 heteroatoms. The quantitative estimate of drug-likeness (QED) is 0.802. The van der Waals surface area contributed by atoms with Gasteiger partial charge in [0.25, 0.3) is 0 Å². The van der Waals surface area contributed by atoms with Crippen molar-refractivity contribution in [2.75, 3.05) is 18.6 Å². The molecule has 1 aromatic heterocycles. The van der Waals surface area contributed by atoms with Gasteiger partial charge in [-0.15, -0.1) is 0 Å². The lowest BCUT2D eigenvalue weighted by Crippen LogP contribution is -2.12. The number of nitrogens with two attached hydrogens (primary N) is 2. The smallest absolute Gasteiger partial charge is 0.222 e. The monoisotopic (exact) mass is 403 g/mol. The first-order chi connectivity index (χ1) is 12.0. The number of methoxy groups -OCH3 is 1. The van der Waals surface area contributed by atoms with Crippen LogP contribution in [0.15, 0.2) is 16.6 Å². The van der Waals surface area contributed by atoms with Gasteiger partial charge in [0.15, 0.2) is 11.5 Å². The molecule has 130 valence electrons. The van der Waals surface area contributed by atoms with Crippen molar-refractivity contribution in [1.29, 1.82) is 5.26 Å². The number of aromatic nitrogens is 2. The fraction of sp³-hybridized carbons (Fsp3) is 0.353. The van der Waals surface area contributed by atoms with Crippen LogP contribution in [0.3, 0.4) is 0 Å². The second kappa shape index (κ2) is 7.15. The Morgan fingerprint density at radius 2 is 1.92 bits per heavy atom. The Bertz CT molecular complexity index is 844. The Morgan fingerprint density at radius 1 is 1.20 bits per heavy atom.